The predicted molar refractivity (Wildman–Crippen MR) is 108 cm³/mol. The highest BCUT2D eigenvalue weighted by Gasteiger charge is 2.29. The molecule has 1 aromatic heterocycles. The molecule has 2 aliphatic rings. The van der Waals surface area contributed by atoms with Crippen molar-refractivity contribution in [2.24, 2.45) is 5.92 Å². The second kappa shape index (κ2) is 10.3. The third-order valence-corrected chi connectivity index (χ3v) is 6.65. The number of hydrogen-bond donors (Lipinski definition) is 3. The Labute approximate surface area is 170 Å². The van der Waals surface area contributed by atoms with Crippen LogP contribution in [0.2, 0.25) is 0 Å². The van der Waals surface area contributed by atoms with Crippen molar-refractivity contribution in [3.05, 3.63) is 16.0 Å². The van der Waals surface area contributed by atoms with Crippen LogP contribution in [-0.2, 0) is 27.1 Å². The number of rotatable bonds is 8. The Morgan fingerprint density at radius 1 is 1.36 bits per heavy atom. The van der Waals surface area contributed by atoms with E-state index in [1.54, 1.807) is 11.3 Å². The van der Waals surface area contributed by atoms with Gasteiger partial charge in [0, 0.05) is 4.88 Å². The highest BCUT2D eigenvalue weighted by atomic mass is 32.1. The zero-order valence-electron chi connectivity index (χ0n) is 17.0. The van der Waals surface area contributed by atoms with Crippen molar-refractivity contribution in [2.75, 3.05) is 57.9 Å². The largest absolute Gasteiger partial charge is 0.462 e. The highest BCUT2D eigenvalue weighted by Crippen LogP contribution is 2.40. The summed E-state index contributed by atoms with van der Waals surface area (Å²) in [6.07, 6.45) is 2.92. The summed E-state index contributed by atoms with van der Waals surface area (Å²) < 4.78 is 10.6. The first kappa shape index (κ1) is 21.2. The zero-order chi connectivity index (χ0) is 19.9. The molecule has 1 aliphatic heterocycles. The third-order valence-electron chi connectivity index (χ3n) is 5.48. The molecule has 1 amide bonds. The minimum absolute atomic E-state index is 0.0610. The van der Waals surface area contributed by atoms with Gasteiger partial charge in [-0.15, -0.1) is 11.3 Å². The van der Waals surface area contributed by atoms with Gasteiger partial charge in [-0.2, -0.15) is 0 Å². The lowest BCUT2D eigenvalue weighted by atomic mass is 9.88. The normalized spacial score (nSPS) is 19.9. The lowest BCUT2D eigenvalue weighted by Gasteiger charge is -2.22. The Balaban J connectivity index is 1.56. The molecule has 7 nitrogen and oxygen atoms in total. The minimum atomic E-state index is -0.315. The number of ether oxygens (including phenoxy) is 2. The molecule has 3 rings (SSSR count). The first-order valence-electron chi connectivity index (χ1n) is 10.4. The fourth-order valence-electron chi connectivity index (χ4n) is 3.89. The molecule has 1 fully saturated rings. The summed E-state index contributed by atoms with van der Waals surface area (Å²) in [5.74, 6) is 0.236. The van der Waals surface area contributed by atoms with Crippen LogP contribution >= 0.6 is 11.3 Å². The third kappa shape index (κ3) is 5.53. The van der Waals surface area contributed by atoms with Gasteiger partial charge in [0.05, 0.1) is 25.4 Å². The van der Waals surface area contributed by atoms with E-state index in [1.165, 1.54) is 9.78 Å². The van der Waals surface area contributed by atoms with Crippen LogP contribution in [-0.4, -0.2) is 64.4 Å². The van der Waals surface area contributed by atoms with Crippen molar-refractivity contribution in [2.45, 2.75) is 33.1 Å². The molecule has 2 heterocycles. The van der Waals surface area contributed by atoms with E-state index >= 15 is 0 Å². The summed E-state index contributed by atoms with van der Waals surface area (Å²) in [6, 6.07) is 0. The maximum absolute atomic E-state index is 12.5. The number of fused-ring (bicyclic) bond motifs is 1. The van der Waals surface area contributed by atoms with Gasteiger partial charge in [0.1, 0.15) is 31.2 Å². The van der Waals surface area contributed by atoms with Crippen LogP contribution in [0.4, 0.5) is 5.00 Å². The van der Waals surface area contributed by atoms with Crippen LogP contribution in [0, 0.1) is 5.92 Å². The molecule has 156 valence electrons. The maximum atomic E-state index is 12.5. The first-order valence-corrected chi connectivity index (χ1v) is 11.2. The van der Waals surface area contributed by atoms with E-state index in [0.29, 0.717) is 29.6 Å². The topological polar surface area (TPSA) is 85.7 Å². The number of carbonyl (C=O) groups is 2. The van der Waals surface area contributed by atoms with Crippen LogP contribution in [0.5, 0.6) is 0 Å². The Kier molecular flexibility index (Phi) is 7.84. The van der Waals surface area contributed by atoms with E-state index in [2.05, 4.69) is 12.2 Å². The van der Waals surface area contributed by atoms with Gasteiger partial charge in [0.15, 0.2) is 6.54 Å². The second-order valence-electron chi connectivity index (χ2n) is 7.72. The Morgan fingerprint density at radius 2 is 2.14 bits per heavy atom. The molecule has 0 bridgehead atoms. The molecule has 4 N–H and O–H groups in total. The molecule has 8 heteroatoms. The van der Waals surface area contributed by atoms with Crippen LogP contribution in [0.3, 0.4) is 0 Å². The minimum Gasteiger partial charge on any atom is -0.462 e. The number of carbonyl (C=O) groups excluding carboxylic acids is 2. The SMILES string of the molecule is CCOC(=O)c1c(NC(=O)C[NH2+]CC[NH+]2CCOCC2)sc2c1CC[C@@H](C)C2. The summed E-state index contributed by atoms with van der Waals surface area (Å²) >= 11 is 1.55. The van der Waals surface area contributed by atoms with Gasteiger partial charge in [0.25, 0.3) is 5.91 Å². The van der Waals surface area contributed by atoms with E-state index < -0.39 is 0 Å². The lowest BCUT2D eigenvalue weighted by Crippen LogP contribution is -3.16. The number of quaternary nitrogens is 2. The number of morpholine rings is 1. The first-order chi connectivity index (χ1) is 13.6. The molecular weight excluding hydrogens is 378 g/mol. The van der Waals surface area contributed by atoms with E-state index in [9.17, 15) is 9.59 Å². The number of esters is 1. The van der Waals surface area contributed by atoms with E-state index in [0.717, 1.165) is 64.2 Å². The van der Waals surface area contributed by atoms with Crippen molar-refractivity contribution < 1.29 is 29.3 Å². The number of thiophene rings is 1. The molecule has 0 aromatic carbocycles. The second-order valence-corrected chi connectivity index (χ2v) is 8.82. The van der Waals surface area contributed by atoms with Gasteiger partial charge in [-0.25, -0.2) is 4.79 Å². The fourth-order valence-corrected chi connectivity index (χ4v) is 5.30. The molecule has 0 radical (unpaired) electrons. The predicted octanol–water partition coefficient (Wildman–Crippen LogP) is -0.533. The van der Waals surface area contributed by atoms with Crippen molar-refractivity contribution in [3.8, 4) is 0 Å². The summed E-state index contributed by atoms with van der Waals surface area (Å²) in [5.41, 5.74) is 1.66. The molecule has 0 spiro atoms. The van der Waals surface area contributed by atoms with Crippen LogP contribution in [0.25, 0.3) is 0 Å². The summed E-state index contributed by atoms with van der Waals surface area (Å²) in [4.78, 5) is 27.7. The fraction of sp³-hybridized carbons (Fsp3) is 0.700. The van der Waals surface area contributed by atoms with E-state index in [1.807, 2.05) is 12.2 Å². The smallest absolute Gasteiger partial charge is 0.341 e. The Hall–Kier alpha value is -1.48. The van der Waals surface area contributed by atoms with Crippen LogP contribution in [0.15, 0.2) is 0 Å². The monoisotopic (exact) mass is 411 g/mol. The van der Waals surface area contributed by atoms with Gasteiger partial charge in [-0.05, 0) is 37.7 Å². The van der Waals surface area contributed by atoms with Gasteiger partial charge in [-0.1, -0.05) is 6.92 Å². The molecule has 1 aliphatic carbocycles. The number of nitrogens with two attached hydrogens (primary N) is 1. The molecule has 28 heavy (non-hydrogen) atoms. The summed E-state index contributed by atoms with van der Waals surface area (Å²) in [5, 5.41) is 5.68. The summed E-state index contributed by atoms with van der Waals surface area (Å²) in [6.45, 7) is 10.4. The van der Waals surface area contributed by atoms with Crippen molar-refractivity contribution >= 4 is 28.2 Å². The number of hydrogen-bond acceptors (Lipinski definition) is 5. The van der Waals surface area contributed by atoms with Gasteiger partial charge in [-0.3, -0.25) is 4.79 Å². The zero-order valence-corrected chi connectivity index (χ0v) is 17.8. The average Bonchev–Trinajstić information content (AvgIpc) is 3.03. The quantitative estimate of drug-likeness (QED) is 0.396. The molecule has 1 atom stereocenters. The van der Waals surface area contributed by atoms with Crippen molar-refractivity contribution in [1.82, 2.24) is 0 Å². The molecule has 1 aromatic rings. The van der Waals surface area contributed by atoms with Gasteiger partial charge < -0.3 is 25.0 Å². The molecule has 0 saturated carbocycles. The number of amides is 1. The van der Waals surface area contributed by atoms with E-state index in [4.69, 9.17) is 9.47 Å². The molecular formula is C20H33N3O4S+2. The van der Waals surface area contributed by atoms with Gasteiger partial charge in [0.2, 0.25) is 0 Å². The maximum Gasteiger partial charge on any atom is 0.341 e. The lowest BCUT2D eigenvalue weighted by molar-refractivity contribution is -0.919. The van der Waals surface area contributed by atoms with Crippen molar-refractivity contribution in [3.63, 3.8) is 0 Å². The van der Waals surface area contributed by atoms with E-state index in [-0.39, 0.29) is 11.9 Å². The molecule has 0 unspecified atom stereocenters. The number of anilines is 1. The standard InChI is InChI=1S/C20H31N3O4S/c1-3-27-20(25)18-15-5-4-14(2)12-16(15)28-19(18)22-17(24)13-21-6-7-23-8-10-26-11-9-23/h14,21H,3-13H2,1-2H3,(H,22,24)/p+2/t14-/m1/s1. The van der Waals surface area contributed by atoms with Crippen LogP contribution in [0.1, 0.15) is 41.1 Å². The summed E-state index contributed by atoms with van der Waals surface area (Å²) in [7, 11) is 0. The number of nitrogens with one attached hydrogen (secondary N) is 2. The highest BCUT2D eigenvalue weighted by molar-refractivity contribution is 7.17. The van der Waals surface area contributed by atoms with Crippen LogP contribution < -0.4 is 15.5 Å². The Bertz CT molecular complexity index is 685. The van der Waals surface area contributed by atoms with Gasteiger partial charge >= 0.3 is 5.97 Å². The van der Waals surface area contributed by atoms with Crippen molar-refractivity contribution in [1.29, 1.82) is 0 Å². The Morgan fingerprint density at radius 3 is 2.89 bits per heavy atom. The molecule has 1 saturated heterocycles. The average molecular weight is 412 g/mol.